The number of nitrogens with zero attached hydrogens (tertiary/aromatic N) is 2. The van der Waals surface area contributed by atoms with Crippen LogP contribution in [0.3, 0.4) is 0 Å². The molecule has 0 spiro atoms. The van der Waals surface area contributed by atoms with Crippen molar-refractivity contribution >= 4 is 23.0 Å². The summed E-state index contributed by atoms with van der Waals surface area (Å²) in [5.74, 6) is 0.398. The van der Waals surface area contributed by atoms with Gasteiger partial charge >= 0.3 is 0 Å². The summed E-state index contributed by atoms with van der Waals surface area (Å²) in [6.07, 6.45) is 0.0517. The number of nitrogens with one attached hydrogen (secondary N) is 1. The van der Waals surface area contributed by atoms with Crippen LogP contribution in [0.2, 0.25) is 0 Å². The lowest BCUT2D eigenvalue weighted by molar-refractivity contribution is -0.384. The molecule has 1 fully saturated rings. The number of benzene rings is 2. The number of non-ortho nitro benzene ring substituents is 1. The number of hydrogen-bond donors (Lipinski definition) is 1. The SMILES string of the molecule is CC(C)Oc1ccc(C(=O)Nc2ccc([N+](=O)[O-])cc2N2CCOCC2)cc1. The highest BCUT2D eigenvalue weighted by molar-refractivity contribution is 6.06. The number of nitro groups is 1. The molecule has 1 aliphatic rings. The Balaban J connectivity index is 1.82. The maximum Gasteiger partial charge on any atom is 0.271 e. The van der Waals surface area contributed by atoms with E-state index in [9.17, 15) is 14.9 Å². The van der Waals surface area contributed by atoms with Gasteiger partial charge < -0.3 is 19.7 Å². The normalized spacial score (nSPS) is 14.0. The molecule has 1 aliphatic heterocycles. The van der Waals surface area contributed by atoms with Gasteiger partial charge in [-0.2, -0.15) is 0 Å². The third-order valence-corrected chi connectivity index (χ3v) is 4.28. The third-order valence-electron chi connectivity index (χ3n) is 4.28. The van der Waals surface area contributed by atoms with Crippen LogP contribution < -0.4 is 15.0 Å². The molecule has 148 valence electrons. The number of rotatable bonds is 6. The monoisotopic (exact) mass is 385 g/mol. The lowest BCUT2D eigenvalue weighted by Crippen LogP contribution is -2.36. The van der Waals surface area contributed by atoms with Gasteiger partial charge in [-0.15, -0.1) is 0 Å². The van der Waals surface area contributed by atoms with Crippen LogP contribution in [0.4, 0.5) is 17.1 Å². The van der Waals surface area contributed by atoms with E-state index in [-0.39, 0.29) is 17.7 Å². The van der Waals surface area contributed by atoms with Crippen LogP contribution in [0.5, 0.6) is 5.75 Å². The summed E-state index contributed by atoms with van der Waals surface area (Å²) >= 11 is 0. The summed E-state index contributed by atoms with van der Waals surface area (Å²) in [5.41, 5.74) is 1.60. The summed E-state index contributed by atoms with van der Waals surface area (Å²) in [5, 5.41) is 14.0. The summed E-state index contributed by atoms with van der Waals surface area (Å²) in [7, 11) is 0. The molecule has 8 nitrogen and oxygen atoms in total. The van der Waals surface area contributed by atoms with Crippen LogP contribution in [-0.2, 0) is 4.74 Å². The van der Waals surface area contributed by atoms with Gasteiger partial charge in [-0.05, 0) is 44.2 Å². The van der Waals surface area contributed by atoms with E-state index in [1.165, 1.54) is 12.1 Å². The molecule has 0 saturated carbocycles. The van der Waals surface area contributed by atoms with Gasteiger partial charge in [0.15, 0.2) is 0 Å². The van der Waals surface area contributed by atoms with Crippen LogP contribution in [0, 0.1) is 10.1 Å². The number of amides is 1. The Morgan fingerprint density at radius 1 is 1.18 bits per heavy atom. The Bertz CT molecular complexity index is 845. The van der Waals surface area contributed by atoms with Gasteiger partial charge in [0.2, 0.25) is 0 Å². The number of hydrogen-bond acceptors (Lipinski definition) is 6. The highest BCUT2D eigenvalue weighted by atomic mass is 16.6. The predicted octanol–water partition coefficient (Wildman–Crippen LogP) is 3.47. The van der Waals surface area contributed by atoms with Gasteiger partial charge in [0.1, 0.15) is 5.75 Å². The molecule has 2 aromatic rings. The van der Waals surface area contributed by atoms with E-state index in [1.807, 2.05) is 18.7 Å². The smallest absolute Gasteiger partial charge is 0.271 e. The van der Waals surface area contributed by atoms with Crippen molar-refractivity contribution in [1.82, 2.24) is 0 Å². The first-order valence-corrected chi connectivity index (χ1v) is 9.13. The minimum atomic E-state index is -0.441. The second-order valence-electron chi connectivity index (χ2n) is 6.70. The number of morpholine rings is 1. The summed E-state index contributed by atoms with van der Waals surface area (Å²) in [6, 6.07) is 11.3. The predicted molar refractivity (Wildman–Crippen MR) is 106 cm³/mol. The quantitative estimate of drug-likeness (QED) is 0.604. The molecule has 1 amide bonds. The fourth-order valence-electron chi connectivity index (χ4n) is 2.96. The zero-order valence-corrected chi connectivity index (χ0v) is 15.9. The van der Waals surface area contributed by atoms with Crippen LogP contribution in [-0.4, -0.2) is 43.2 Å². The zero-order valence-electron chi connectivity index (χ0n) is 15.9. The molecule has 0 unspecified atom stereocenters. The van der Waals surface area contributed by atoms with Crippen molar-refractivity contribution in [1.29, 1.82) is 0 Å². The molecule has 1 saturated heterocycles. The first-order chi connectivity index (χ1) is 13.4. The maximum atomic E-state index is 12.7. The molecule has 0 bridgehead atoms. The summed E-state index contributed by atoms with van der Waals surface area (Å²) in [6.45, 7) is 6.14. The Hall–Kier alpha value is -3.13. The fraction of sp³-hybridized carbons (Fsp3) is 0.350. The van der Waals surface area contributed by atoms with Crippen LogP contribution >= 0.6 is 0 Å². The molecule has 0 atom stereocenters. The van der Waals surface area contributed by atoms with Gasteiger partial charge in [0, 0.05) is 30.8 Å². The average molecular weight is 385 g/mol. The van der Waals surface area contributed by atoms with Crippen LogP contribution in [0.25, 0.3) is 0 Å². The molecular formula is C20H23N3O5. The summed E-state index contributed by atoms with van der Waals surface area (Å²) in [4.78, 5) is 25.4. The largest absolute Gasteiger partial charge is 0.491 e. The van der Waals surface area contributed by atoms with Crippen molar-refractivity contribution in [2.24, 2.45) is 0 Å². The van der Waals surface area contributed by atoms with E-state index in [2.05, 4.69) is 5.32 Å². The topological polar surface area (TPSA) is 93.9 Å². The molecule has 1 N–H and O–H groups in total. The van der Waals surface area contributed by atoms with Crippen molar-refractivity contribution in [2.75, 3.05) is 36.5 Å². The highest BCUT2D eigenvalue weighted by Gasteiger charge is 2.20. The number of nitro benzene ring substituents is 1. The van der Waals surface area contributed by atoms with E-state index in [0.29, 0.717) is 49.0 Å². The molecule has 3 rings (SSSR count). The van der Waals surface area contributed by atoms with Gasteiger partial charge in [-0.3, -0.25) is 14.9 Å². The molecule has 0 aromatic heterocycles. The number of carbonyl (C=O) groups is 1. The van der Waals surface area contributed by atoms with Crippen molar-refractivity contribution in [2.45, 2.75) is 20.0 Å². The molecule has 8 heteroatoms. The number of anilines is 2. The fourth-order valence-corrected chi connectivity index (χ4v) is 2.96. The lowest BCUT2D eigenvalue weighted by Gasteiger charge is -2.30. The van der Waals surface area contributed by atoms with Gasteiger partial charge in [0.25, 0.3) is 11.6 Å². The number of carbonyl (C=O) groups excluding carboxylic acids is 1. The maximum absolute atomic E-state index is 12.7. The first kappa shape index (κ1) is 19.6. The Morgan fingerprint density at radius 2 is 1.86 bits per heavy atom. The van der Waals surface area contributed by atoms with Crippen molar-refractivity contribution < 1.29 is 19.2 Å². The second-order valence-corrected chi connectivity index (χ2v) is 6.70. The summed E-state index contributed by atoms with van der Waals surface area (Å²) < 4.78 is 10.9. The molecule has 2 aromatic carbocycles. The van der Waals surface area contributed by atoms with Gasteiger partial charge in [-0.1, -0.05) is 0 Å². The highest BCUT2D eigenvalue weighted by Crippen LogP contribution is 2.31. The molecular weight excluding hydrogens is 362 g/mol. The molecule has 28 heavy (non-hydrogen) atoms. The Labute approximate surface area is 163 Å². The Morgan fingerprint density at radius 3 is 2.46 bits per heavy atom. The van der Waals surface area contributed by atoms with Crippen molar-refractivity contribution in [3.63, 3.8) is 0 Å². The lowest BCUT2D eigenvalue weighted by atomic mass is 10.1. The molecule has 0 aliphatic carbocycles. The standard InChI is InChI=1S/C20H23N3O5/c1-14(2)28-17-6-3-15(4-7-17)20(24)21-18-8-5-16(23(25)26)13-19(18)22-9-11-27-12-10-22/h3-8,13-14H,9-12H2,1-2H3,(H,21,24). The van der Waals surface area contributed by atoms with E-state index < -0.39 is 4.92 Å². The molecule has 0 radical (unpaired) electrons. The van der Waals surface area contributed by atoms with Crippen LogP contribution in [0.15, 0.2) is 42.5 Å². The van der Waals surface area contributed by atoms with Gasteiger partial charge in [-0.25, -0.2) is 0 Å². The minimum Gasteiger partial charge on any atom is -0.491 e. The first-order valence-electron chi connectivity index (χ1n) is 9.13. The van der Waals surface area contributed by atoms with E-state index in [1.54, 1.807) is 30.3 Å². The van der Waals surface area contributed by atoms with E-state index in [4.69, 9.17) is 9.47 Å². The van der Waals surface area contributed by atoms with Crippen LogP contribution in [0.1, 0.15) is 24.2 Å². The zero-order chi connectivity index (χ0) is 20.1. The van der Waals surface area contributed by atoms with E-state index in [0.717, 1.165) is 0 Å². The van der Waals surface area contributed by atoms with Crippen molar-refractivity contribution in [3.05, 3.63) is 58.1 Å². The molecule has 1 heterocycles. The van der Waals surface area contributed by atoms with E-state index >= 15 is 0 Å². The minimum absolute atomic E-state index is 0.0188. The second kappa shape index (κ2) is 8.71. The van der Waals surface area contributed by atoms with Gasteiger partial charge in [0.05, 0.1) is 35.6 Å². The Kier molecular flexibility index (Phi) is 6.10. The number of ether oxygens (including phenoxy) is 2. The van der Waals surface area contributed by atoms with Crippen molar-refractivity contribution in [3.8, 4) is 5.75 Å². The third kappa shape index (κ3) is 4.77. The average Bonchev–Trinajstić information content (AvgIpc) is 2.69.